The Kier molecular flexibility index (Phi) is 3.78. The van der Waals surface area contributed by atoms with Gasteiger partial charge in [-0.1, -0.05) is 18.9 Å². The fraction of sp³-hybridized carbons (Fsp3) is 0.412. The van der Waals surface area contributed by atoms with Gasteiger partial charge in [0.25, 0.3) is 0 Å². The van der Waals surface area contributed by atoms with Gasteiger partial charge in [0, 0.05) is 19.0 Å². The number of rotatable bonds is 4. The zero-order chi connectivity index (χ0) is 14.8. The molecule has 1 aliphatic carbocycles. The third-order valence-electron chi connectivity index (χ3n) is 4.35. The Morgan fingerprint density at radius 2 is 2.05 bits per heavy atom. The van der Waals surface area contributed by atoms with Crippen LogP contribution in [0.1, 0.15) is 36.0 Å². The number of anilines is 1. The highest BCUT2D eigenvalue weighted by Crippen LogP contribution is 2.27. The van der Waals surface area contributed by atoms with Crippen LogP contribution in [0.3, 0.4) is 0 Å². The number of benzene rings is 1. The van der Waals surface area contributed by atoms with Crippen molar-refractivity contribution in [2.75, 3.05) is 18.5 Å². The van der Waals surface area contributed by atoms with E-state index in [1.807, 2.05) is 18.2 Å². The fourth-order valence-corrected chi connectivity index (χ4v) is 3.22. The van der Waals surface area contributed by atoms with Crippen LogP contribution < -0.4 is 4.90 Å². The molecule has 3 rings (SSSR count). The Balaban J connectivity index is 1.88. The summed E-state index contributed by atoms with van der Waals surface area (Å²) in [5.41, 5.74) is 1.05. The smallest absolute Gasteiger partial charge is 0.336 e. The monoisotopic (exact) mass is 284 g/mol. The lowest BCUT2D eigenvalue weighted by atomic mass is 10.1. The van der Waals surface area contributed by atoms with E-state index in [-0.39, 0.29) is 0 Å². The largest absolute Gasteiger partial charge is 0.478 e. The number of aromatic carboxylic acids is 1. The highest BCUT2D eigenvalue weighted by molar-refractivity contribution is 6.02. The topological polar surface area (TPSA) is 53.4 Å². The van der Waals surface area contributed by atoms with E-state index in [0.29, 0.717) is 10.9 Å². The number of carbonyl (C=O) groups is 1. The van der Waals surface area contributed by atoms with Gasteiger partial charge in [0.15, 0.2) is 0 Å². The third kappa shape index (κ3) is 2.84. The lowest BCUT2D eigenvalue weighted by molar-refractivity contribution is 0.0699. The van der Waals surface area contributed by atoms with Crippen molar-refractivity contribution in [2.24, 2.45) is 5.92 Å². The van der Waals surface area contributed by atoms with Gasteiger partial charge in [0.2, 0.25) is 0 Å². The van der Waals surface area contributed by atoms with E-state index in [1.54, 1.807) is 12.1 Å². The summed E-state index contributed by atoms with van der Waals surface area (Å²) in [4.78, 5) is 18.0. The summed E-state index contributed by atoms with van der Waals surface area (Å²) in [5, 5.41) is 9.91. The summed E-state index contributed by atoms with van der Waals surface area (Å²) in [6.45, 7) is 1.02. The summed E-state index contributed by atoms with van der Waals surface area (Å²) >= 11 is 0. The van der Waals surface area contributed by atoms with Gasteiger partial charge in [-0.15, -0.1) is 0 Å². The molecule has 1 aromatic carbocycles. The first-order valence-electron chi connectivity index (χ1n) is 7.49. The fourth-order valence-electron chi connectivity index (χ4n) is 3.22. The van der Waals surface area contributed by atoms with E-state index in [2.05, 4.69) is 16.9 Å². The zero-order valence-electron chi connectivity index (χ0n) is 12.2. The molecular weight excluding hydrogens is 264 g/mol. The molecule has 1 aromatic heterocycles. The van der Waals surface area contributed by atoms with Gasteiger partial charge in [-0.25, -0.2) is 9.78 Å². The molecular formula is C17H20N2O2. The van der Waals surface area contributed by atoms with E-state index in [9.17, 15) is 9.90 Å². The molecule has 1 saturated carbocycles. The number of nitrogens with zero attached hydrogens (tertiary/aromatic N) is 2. The van der Waals surface area contributed by atoms with Crippen molar-refractivity contribution in [3.05, 3.63) is 35.9 Å². The first-order valence-corrected chi connectivity index (χ1v) is 7.49. The van der Waals surface area contributed by atoms with E-state index >= 15 is 0 Å². The summed E-state index contributed by atoms with van der Waals surface area (Å²) in [7, 11) is 2.06. The molecule has 0 radical (unpaired) electrons. The van der Waals surface area contributed by atoms with Gasteiger partial charge in [0.05, 0.1) is 11.1 Å². The van der Waals surface area contributed by atoms with Gasteiger partial charge in [-0.2, -0.15) is 0 Å². The molecule has 21 heavy (non-hydrogen) atoms. The molecule has 1 N–H and O–H groups in total. The average molecular weight is 284 g/mol. The Labute approximate surface area is 124 Å². The number of aromatic nitrogens is 1. The van der Waals surface area contributed by atoms with Crippen LogP contribution in [0, 0.1) is 5.92 Å². The summed E-state index contributed by atoms with van der Waals surface area (Å²) < 4.78 is 0. The number of hydrogen-bond donors (Lipinski definition) is 1. The number of carboxylic acid groups (broad SMARTS) is 1. The van der Waals surface area contributed by atoms with Crippen molar-refractivity contribution in [1.29, 1.82) is 0 Å². The van der Waals surface area contributed by atoms with Crippen LogP contribution in [0.25, 0.3) is 10.9 Å². The maximum absolute atomic E-state index is 11.2. The second kappa shape index (κ2) is 5.72. The highest BCUT2D eigenvalue weighted by Gasteiger charge is 2.18. The molecule has 0 aliphatic heterocycles. The maximum atomic E-state index is 11.2. The van der Waals surface area contributed by atoms with Crippen molar-refractivity contribution in [3.63, 3.8) is 0 Å². The number of pyridine rings is 1. The molecule has 4 heteroatoms. The molecule has 1 heterocycles. The third-order valence-corrected chi connectivity index (χ3v) is 4.35. The second-order valence-corrected chi connectivity index (χ2v) is 5.88. The van der Waals surface area contributed by atoms with Gasteiger partial charge < -0.3 is 10.0 Å². The Morgan fingerprint density at radius 3 is 2.76 bits per heavy atom. The van der Waals surface area contributed by atoms with E-state index < -0.39 is 5.97 Å². The molecule has 1 fully saturated rings. The molecule has 4 nitrogen and oxygen atoms in total. The first kappa shape index (κ1) is 13.9. The predicted molar refractivity (Wildman–Crippen MR) is 83.9 cm³/mol. The van der Waals surface area contributed by atoms with Gasteiger partial charge in [0.1, 0.15) is 5.82 Å². The molecule has 0 unspecified atom stereocenters. The molecule has 0 atom stereocenters. The summed E-state index contributed by atoms with van der Waals surface area (Å²) in [5.74, 6) is 0.768. The van der Waals surface area contributed by atoms with Crippen LogP contribution in [0.4, 0.5) is 5.82 Å². The van der Waals surface area contributed by atoms with Gasteiger partial charge in [-0.05, 0) is 43.0 Å². The Morgan fingerprint density at radius 1 is 1.29 bits per heavy atom. The normalized spacial score (nSPS) is 15.5. The minimum Gasteiger partial charge on any atom is -0.478 e. The number of carboxylic acids is 1. The van der Waals surface area contributed by atoms with E-state index in [0.717, 1.165) is 23.8 Å². The molecule has 2 aromatic rings. The Hall–Kier alpha value is -2.10. The standard InChI is InChI=1S/C17H20N2O2/c1-19(11-12-5-2-3-6-12)16-10-9-13-14(17(20)21)7-4-8-15(13)18-16/h4,7-10,12H,2-3,5-6,11H2,1H3,(H,20,21). The van der Waals surface area contributed by atoms with Crippen LogP contribution in [0.2, 0.25) is 0 Å². The van der Waals surface area contributed by atoms with Crippen molar-refractivity contribution in [3.8, 4) is 0 Å². The maximum Gasteiger partial charge on any atom is 0.336 e. The highest BCUT2D eigenvalue weighted by atomic mass is 16.4. The van der Waals surface area contributed by atoms with E-state index in [1.165, 1.54) is 25.7 Å². The lowest BCUT2D eigenvalue weighted by Gasteiger charge is -2.22. The second-order valence-electron chi connectivity index (χ2n) is 5.88. The van der Waals surface area contributed by atoms with E-state index in [4.69, 9.17) is 0 Å². The Bertz CT molecular complexity index is 663. The van der Waals surface area contributed by atoms with Crippen molar-refractivity contribution in [1.82, 2.24) is 4.98 Å². The molecule has 110 valence electrons. The number of hydrogen-bond acceptors (Lipinski definition) is 3. The quantitative estimate of drug-likeness (QED) is 0.932. The van der Waals surface area contributed by atoms with Crippen molar-refractivity contribution in [2.45, 2.75) is 25.7 Å². The van der Waals surface area contributed by atoms with Gasteiger partial charge >= 0.3 is 5.97 Å². The van der Waals surface area contributed by atoms with Crippen LogP contribution in [0.15, 0.2) is 30.3 Å². The summed E-state index contributed by atoms with van der Waals surface area (Å²) in [6.07, 6.45) is 5.29. The van der Waals surface area contributed by atoms with Crippen LogP contribution in [-0.2, 0) is 0 Å². The lowest BCUT2D eigenvalue weighted by Crippen LogP contribution is -2.24. The molecule has 0 spiro atoms. The van der Waals surface area contributed by atoms with Gasteiger partial charge in [-0.3, -0.25) is 0 Å². The molecule has 0 amide bonds. The predicted octanol–water partition coefficient (Wildman–Crippen LogP) is 3.56. The van der Waals surface area contributed by atoms with Crippen LogP contribution >= 0.6 is 0 Å². The number of fused-ring (bicyclic) bond motifs is 1. The first-order chi connectivity index (χ1) is 10.1. The minimum absolute atomic E-state index is 0.310. The molecule has 0 saturated heterocycles. The van der Waals surface area contributed by atoms with Crippen LogP contribution in [-0.4, -0.2) is 29.7 Å². The van der Waals surface area contributed by atoms with Crippen LogP contribution in [0.5, 0.6) is 0 Å². The SMILES string of the molecule is CN(CC1CCCC1)c1ccc2c(C(=O)O)cccc2n1. The van der Waals surface area contributed by atoms with Crippen molar-refractivity contribution >= 4 is 22.7 Å². The minimum atomic E-state index is -0.908. The summed E-state index contributed by atoms with van der Waals surface area (Å²) in [6, 6.07) is 9.03. The molecule has 0 bridgehead atoms. The molecule has 1 aliphatic rings. The average Bonchev–Trinajstić information content (AvgIpc) is 2.98. The van der Waals surface area contributed by atoms with Crippen molar-refractivity contribution < 1.29 is 9.90 Å². The zero-order valence-corrected chi connectivity index (χ0v) is 12.2.